The molecule has 168 valence electrons. The molecule has 5 rings (SSSR count). The van der Waals surface area contributed by atoms with E-state index in [1.54, 1.807) is 13.0 Å². The molecule has 0 aliphatic carbocycles. The van der Waals surface area contributed by atoms with E-state index in [0.717, 1.165) is 22.3 Å². The highest BCUT2D eigenvalue weighted by molar-refractivity contribution is 7.20. The van der Waals surface area contributed by atoms with Gasteiger partial charge in [-0.1, -0.05) is 11.6 Å². The number of primary amides is 1. The number of fused-ring (bicyclic) bond motifs is 2. The lowest BCUT2D eigenvalue weighted by molar-refractivity contribution is 0.100. The van der Waals surface area contributed by atoms with E-state index in [2.05, 4.69) is 20.4 Å². The van der Waals surface area contributed by atoms with Crippen molar-refractivity contribution in [1.82, 2.24) is 29.8 Å². The molecule has 4 heterocycles. The number of benzene rings is 1. The number of thiophene rings is 1. The minimum absolute atomic E-state index is 0.0307. The molecule has 1 atom stereocenters. The molecule has 0 bridgehead atoms. The maximum atomic E-state index is 12.9. The number of furan rings is 1. The molecule has 5 aromatic rings. The van der Waals surface area contributed by atoms with E-state index < -0.39 is 12.0 Å². The molecule has 12 heteroatoms. The number of rotatable bonds is 6. The van der Waals surface area contributed by atoms with Crippen LogP contribution < -0.4 is 11.3 Å². The Balaban J connectivity index is 1.36. The summed E-state index contributed by atoms with van der Waals surface area (Å²) in [7, 11) is 0. The van der Waals surface area contributed by atoms with Crippen molar-refractivity contribution in [3.05, 3.63) is 68.5 Å². The monoisotopic (exact) mass is 465 g/mol. The Hall–Kier alpha value is -3.90. The van der Waals surface area contributed by atoms with Crippen LogP contribution in [0.3, 0.4) is 0 Å². The first-order valence-electron chi connectivity index (χ1n) is 10.0. The van der Waals surface area contributed by atoms with Crippen molar-refractivity contribution in [2.45, 2.75) is 33.0 Å². The Kier molecular flexibility index (Phi) is 5.02. The van der Waals surface area contributed by atoms with Gasteiger partial charge in [-0.3, -0.25) is 14.2 Å². The van der Waals surface area contributed by atoms with Crippen LogP contribution in [0, 0.1) is 13.8 Å². The fourth-order valence-corrected chi connectivity index (χ4v) is 4.66. The van der Waals surface area contributed by atoms with Crippen molar-refractivity contribution in [1.29, 1.82) is 0 Å². The number of tetrazole rings is 1. The van der Waals surface area contributed by atoms with E-state index >= 15 is 0 Å². The largest absolute Gasteiger partial charge is 0.458 e. The second-order valence-electron chi connectivity index (χ2n) is 7.74. The van der Waals surface area contributed by atoms with Crippen LogP contribution in [0.25, 0.3) is 21.2 Å². The predicted octanol–water partition coefficient (Wildman–Crippen LogP) is 1.69. The third kappa shape index (κ3) is 3.79. The topological polar surface area (TPSA) is 155 Å². The van der Waals surface area contributed by atoms with Gasteiger partial charge in [-0.25, -0.2) is 4.98 Å². The van der Waals surface area contributed by atoms with E-state index in [0.29, 0.717) is 32.0 Å². The number of carbonyl (C=O) groups excluding carboxylic acids is 1. The number of aryl methyl sites for hydroxylation is 2. The Morgan fingerprint density at radius 1 is 1.30 bits per heavy atom. The lowest BCUT2D eigenvalue weighted by atomic mass is 10.2. The normalized spacial score (nSPS) is 12.6. The van der Waals surface area contributed by atoms with Crippen LogP contribution in [0.4, 0.5) is 0 Å². The highest BCUT2D eigenvalue weighted by Crippen LogP contribution is 2.27. The highest BCUT2D eigenvalue weighted by Gasteiger charge is 2.19. The van der Waals surface area contributed by atoms with Gasteiger partial charge < -0.3 is 15.3 Å². The van der Waals surface area contributed by atoms with Crippen LogP contribution in [0.15, 0.2) is 39.8 Å². The summed E-state index contributed by atoms with van der Waals surface area (Å²) in [4.78, 5) is 30.8. The minimum atomic E-state index is -0.971. The number of carbonyl (C=O) groups is 1. The number of nitrogens with zero attached hydrogens (tertiary/aromatic N) is 6. The molecule has 3 N–H and O–H groups in total. The van der Waals surface area contributed by atoms with Gasteiger partial charge >= 0.3 is 0 Å². The van der Waals surface area contributed by atoms with Crippen LogP contribution in [-0.2, 0) is 13.1 Å². The van der Waals surface area contributed by atoms with Crippen LogP contribution in [0.1, 0.15) is 38.5 Å². The summed E-state index contributed by atoms with van der Waals surface area (Å²) in [6.07, 6.45) is 0.401. The average Bonchev–Trinajstić information content (AvgIpc) is 3.47. The number of nitrogens with two attached hydrogens (primary N) is 1. The number of aliphatic hydroxyl groups excluding tert-OH is 1. The molecule has 0 fully saturated rings. The van der Waals surface area contributed by atoms with Gasteiger partial charge in [0.2, 0.25) is 0 Å². The first kappa shape index (κ1) is 21.0. The van der Waals surface area contributed by atoms with Crippen molar-refractivity contribution in [3.63, 3.8) is 0 Å². The van der Waals surface area contributed by atoms with E-state index in [-0.39, 0.29) is 24.5 Å². The Labute approximate surface area is 190 Å². The van der Waals surface area contributed by atoms with Crippen LogP contribution in [-0.4, -0.2) is 40.8 Å². The molecule has 0 spiro atoms. The molecular formula is C21H19N7O4S. The van der Waals surface area contributed by atoms with Crippen molar-refractivity contribution >= 4 is 38.4 Å². The van der Waals surface area contributed by atoms with Crippen molar-refractivity contribution in [3.8, 4) is 0 Å². The molecule has 33 heavy (non-hydrogen) atoms. The van der Waals surface area contributed by atoms with Crippen LogP contribution in [0.5, 0.6) is 0 Å². The molecule has 0 unspecified atom stereocenters. The maximum absolute atomic E-state index is 12.9. The Bertz CT molecular complexity index is 1580. The summed E-state index contributed by atoms with van der Waals surface area (Å²) >= 11 is 1.09. The first-order valence-corrected chi connectivity index (χ1v) is 10.8. The summed E-state index contributed by atoms with van der Waals surface area (Å²) in [5.74, 6) is 0.0800. The summed E-state index contributed by atoms with van der Waals surface area (Å²) in [6.45, 7) is 3.71. The quantitative estimate of drug-likeness (QED) is 0.384. The summed E-state index contributed by atoms with van der Waals surface area (Å²) in [5, 5.41) is 24.0. The fourth-order valence-electron chi connectivity index (χ4n) is 3.67. The Morgan fingerprint density at radius 2 is 2.12 bits per heavy atom. The van der Waals surface area contributed by atoms with E-state index in [4.69, 9.17) is 10.2 Å². The van der Waals surface area contributed by atoms with Crippen molar-refractivity contribution in [2.24, 2.45) is 5.73 Å². The molecular weight excluding hydrogens is 446 g/mol. The van der Waals surface area contributed by atoms with Gasteiger partial charge in [-0.15, -0.1) is 21.5 Å². The lowest BCUT2D eigenvalue weighted by Crippen LogP contribution is -2.22. The SMILES string of the molecule is Cc1ccc2oc([C@@H](O)Cn3nnc(Cn4cnc5sc(C(N)=O)c(C)c5c4=O)n3)cc2c1. The molecule has 0 saturated carbocycles. The maximum Gasteiger partial charge on any atom is 0.262 e. The third-order valence-corrected chi connectivity index (χ3v) is 6.52. The zero-order valence-electron chi connectivity index (χ0n) is 17.7. The van der Waals surface area contributed by atoms with Gasteiger partial charge in [0.05, 0.1) is 29.7 Å². The molecule has 0 aliphatic heterocycles. The third-order valence-electron chi connectivity index (χ3n) is 5.30. The van der Waals surface area contributed by atoms with Gasteiger partial charge in [0.25, 0.3) is 11.5 Å². The predicted molar refractivity (Wildman–Crippen MR) is 120 cm³/mol. The van der Waals surface area contributed by atoms with Crippen LogP contribution >= 0.6 is 11.3 Å². The molecule has 1 aromatic carbocycles. The van der Waals surface area contributed by atoms with E-state index in [1.807, 2.05) is 25.1 Å². The molecule has 0 aliphatic rings. The number of hydrogen-bond donors (Lipinski definition) is 2. The highest BCUT2D eigenvalue weighted by atomic mass is 32.1. The second-order valence-corrected chi connectivity index (χ2v) is 8.74. The molecule has 0 radical (unpaired) electrons. The smallest absolute Gasteiger partial charge is 0.262 e. The first-order chi connectivity index (χ1) is 15.8. The summed E-state index contributed by atoms with van der Waals surface area (Å²) < 4.78 is 7.06. The van der Waals surface area contributed by atoms with E-state index in [9.17, 15) is 14.7 Å². The number of amides is 1. The van der Waals surface area contributed by atoms with Gasteiger partial charge in [0.1, 0.15) is 22.3 Å². The molecule has 4 aromatic heterocycles. The van der Waals surface area contributed by atoms with Crippen LogP contribution in [0.2, 0.25) is 0 Å². The zero-order chi connectivity index (χ0) is 23.3. The summed E-state index contributed by atoms with van der Waals surface area (Å²) in [5.41, 5.74) is 7.35. The van der Waals surface area contributed by atoms with Crippen molar-refractivity contribution in [2.75, 3.05) is 0 Å². The number of hydrogen-bond acceptors (Lipinski definition) is 9. The average molecular weight is 465 g/mol. The molecule has 11 nitrogen and oxygen atoms in total. The molecule has 1 amide bonds. The zero-order valence-corrected chi connectivity index (χ0v) is 18.5. The number of aromatic nitrogens is 6. The number of aliphatic hydroxyl groups is 1. The minimum Gasteiger partial charge on any atom is -0.458 e. The van der Waals surface area contributed by atoms with Gasteiger partial charge in [-0.05, 0) is 42.8 Å². The van der Waals surface area contributed by atoms with Gasteiger partial charge in [0.15, 0.2) is 5.82 Å². The van der Waals surface area contributed by atoms with Crippen molar-refractivity contribution < 1.29 is 14.3 Å². The summed E-state index contributed by atoms with van der Waals surface area (Å²) in [6, 6.07) is 7.56. The second kappa shape index (κ2) is 7.90. The molecule has 0 saturated heterocycles. The Morgan fingerprint density at radius 3 is 2.91 bits per heavy atom. The van der Waals surface area contributed by atoms with Gasteiger partial charge in [0, 0.05) is 5.39 Å². The van der Waals surface area contributed by atoms with Gasteiger partial charge in [-0.2, -0.15) is 4.80 Å². The fraction of sp³-hybridized carbons (Fsp3) is 0.238. The lowest BCUT2D eigenvalue weighted by Gasteiger charge is -2.05. The van der Waals surface area contributed by atoms with E-state index in [1.165, 1.54) is 15.7 Å². The standard InChI is InChI=1S/C21H19N7O4S/c1-10-3-4-14-12(5-10)6-15(32-14)13(29)7-28-25-16(24-26-28)8-27-9-23-20-17(21(27)31)11(2)18(33-20)19(22)30/h3-6,9,13,29H,7-8H2,1-2H3,(H2,22,30)/t13-/m0/s1.